The fraction of sp³-hybridized carbons (Fsp3) is 0.333. The Kier molecular flexibility index (Phi) is 70.7. The molecular weight excluding hydrogens is 78.1 g/mol. The maximum absolute atomic E-state index is 7.32. The molecule has 3 nitrogen and oxygen atoms in total. The third-order valence-electron chi connectivity index (χ3n) is 0. The van der Waals surface area contributed by atoms with Crippen LogP contribution in [0.5, 0.6) is 0 Å². The Balaban J connectivity index is 0. The maximum Gasteiger partial charge on any atom is 0.173 e. The molecule has 0 heterocycles. The van der Waals surface area contributed by atoms with Crippen molar-refractivity contribution in [3.05, 3.63) is 0 Å². The molecule has 0 radical (unpaired) electrons. The Morgan fingerprint density at radius 2 is 1.50 bits per heavy atom. The van der Waals surface area contributed by atoms with Crippen LogP contribution in [0.1, 0.15) is 6.92 Å². The molecule has 32 valence electrons. The van der Waals surface area contributed by atoms with Gasteiger partial charge in [0, 0.05) is 6.92 Å². The number of nitriles is 2. The summed E-state index contributed by atoms with van der Waals surface area (Å²) in [5.74, 6) is 0. The summed E-state index contributed by atoms with van der Waals surface area (Å²) >= 11 is 0. The molecule has 0 aliphatic rings. The molecule has 0 fully saturated rings. The zero-order valence-electron chi connectivity index (χ0n) is 3.47. The van der Waals surface area contributed by atoms with Gasteiger partial charge in [-0.25, -0.2) is 0 Å². The zero-order chi connectivity index (χ0) is 5.41. The van der Waals surface area contributed by atoms with Crippen LogP contribution in [0.25, 0.3) is 0 Å². The Morgan fingerprint density at radius 1 is 1.50 bits per heavy atom. The van der Waals surface area contributed by atoms with Crippen LogP contribution in [0.3, 0.4) is 0 Å². The molecule has 0 atom stereocenters. The lowest BCUT2D eigenvalue weighted by Gasteiger charge is -1.24. The van der Waals surface area contributed by atoms with Crippen LogP contribution in [0.4, 0.5) is 0 Å². The summed E-state index contributed by atoms with van der Waals surface area (Å²) in [6.45, 7) is 1.43. The van der Waals surface area contributed by atoms with Crippen molar-refractivity contribution in [3.8, 4) is 12.3 Å². The summed E-state index contributed by atoms with van der Waals surface area (Å²) in [4.78, 5) is 0. The van der Waals surface area contributed by atoms with E-state index in [-0.39, 0.29) is 0 Å². The van der Waals surface area contributed by atoms with Crippen LogP contribution in [0.15, 0.2) is 0 Å². The van der Waals surface area contributed by atoms with E-state index in [0.29, 0.717) is 0 Å². The highest BCUT2D eigenvalue weighted by atomic mass is 14.5. The monoisotopic (exact) mass is 83.0 g/mol. The standard InChI is InChI=1S/C2H3N.CH2N2/c1-2-3;2-1-3/h1H3;2H2. The van der Waals surface area contributed by atoms with Gasteiger partial charge in [-0.3, -0.25) is 0 Å². The van der Waals surface area contributed by atoms with Crippen LogP contribution in [-0.2, 0) is 0 Å². The van der Waals surface area contributed by atoms with Gasteiger partial charge in [-0.1, -0.05) is 0 Å². The van der Waals surface area contributed by atoms with Gasteiger partial charge in [0.15, 0.2) is 6.19 Å². The number of hydrogen-bond donors (Lipinski definition) is 1. The molecule has 0 rings (SSSR count). The highest BCUT2D eigenvalue weighted by Gasteiger charge is 1.17. The zero-order valence-corrected chi connectivity index (χ0v) is 3.47. The van der Waals surface area contributed by atoms with Gasteiger partial charge in [0.25, 0.3) is 0 Å². The van der Waals surface area contributed by atoms with Gasteiger partial charge in [-0.2, -0.15) is 10.5 Å². The molecule has 2 N–H and O–H groups in total. The van der Waals surface area contributed by atoms with Crippen molar-refractivity contribution in [2.24, 2.45) is 5.73 Å². The summed E-state index contributed by atoms with van der Waals surface area (Å²) in [5, 5.41) is 14.4. The van der Waals surface area contributed by atoms with Crippen LogP contribution in [0, 0.1) is 22.8 Å². The minimum atomic E-state index is 1.25. The molecule has 0 aromatic rings. The van der Waals surface area contributed by atoms with Gasteiger partial charge in [-0.15, -0.1) is 0 Å². The number of rotatable bonds is 0. The highest BCUT2D eigenvalue weighted by Crippen LogP contribution is 1.21. The van der Waals surface area contributed by atoms with E-state index in [9.17, 15) is 0 Å². The highest BCUT2D eigenvalue weighted by molar-refractivity contribution is 4.51. The maximum atomic E-state index is 7.32. The van der Waals surface area contributed by atoms with Crippen molar-refractivity contribution in [2.45, 2.75) is 6.92 Å². The molecule has 0 saturated carbocycles. The van der Waals surface area contributed by atoms with Gasteiger partial charge in [0.1, 0.15) is 0 Å². The molecule has 0 saturated heterocycles. The predicted molar refractivity (Wildman–Crippen MR) is 21.1 cm³/mol. The normalized spacial score (nSPS) is 2.50. The van der Waals surface area contributed by atoms with E-state index in [1.165, 1.54) is 13.1 Å². The van der Waals surface area contributed by atoms with Crippen LogP contribution in [0.2, 0.25) is 0 Å². The van der Waals surface area contributed by atoms with Gasteiger partial charge < -0.3 is 5.73 Å². The predicted octanol–water partition coefficient (Wildman–Crippen LogP) is -0.0439. The number of nitrogens with two attached hydrogens (primary N) is 1. The second-order valence-electron chi connectivity index (χ2n) is 0.353. The fourth-order valence-corrected chi connectivity index (χ4v) is 0. The molecule has 0 aromatic carbocycles. The van der Waals surface area contributed by atoms with E-state index >= 15 is 0 Å². The largest absolute Gasteiger partial charge is 0.337 e. The van der Waals surface area contributed by atoms with Gasteiger partial charge in [-0.05, 0) is 0 Å². The first-order chi connectivity index (χ1) is 2.83. The van der Waals surface area contributed by atoms with E-state index in [1.807, 2.05) is 0 Å². The third-order valence-corrected chi connectivity index (χ3v) is 0. The summed E-state index contributed by atoms with van der Waals surface area (Å²) in [7, 11) is 0. The lowest BCUT2D eigenvalue weighted by Crippen LogP contribution is -1.69. The topological polar surface area (TPSA) is 73.6 Å². The molecule has 0 unspecified atom stereocenters. The Labute approximate surface area is 36.6 Å². The van der Waals surface area contributed by atoms with Gasteiger partial charge >= 0.3 is 0 Å². The third kappa shape index (κ3) is 5.92. The Morgan fingerprint density at radius 3 is 1.50 bits per heavy atom. The van der Waals surface area contributed by atoms with E-state index in [1.54, 1.807) is 6.07 Å². The van der Waals surface area contributed by atoms with Gasteiger partial charge in [0.05, 0.1) is 6.07 Å². The van der Waals surface area contributed by atoms with E-state index in [0.717, 1.165) is 0 Å². The van der Waals surface area contributed by atoms with Crippen molar-refractivity contribution < 1.29 is 0 Å². The summed E-state index contributed by atoms with van der Waals surface area (Å²) < 4.78 is 0. The Hall–Kier alpha value is -1.22. The first-order valence-corrected chi connectivity index (χ1v) is 1.24. The minimum Gasteiger partial charge on any atom is -0.337 e. The summed E-state index contributed by atoms with van der Waals surface area (Å²) in [6.07, 6.45) is 1.25. The fourth-order valence-electron chi connectivity index (χ4n) is 0. The van der Waals surface area contributed by atoms with E-state index < -0.39 is 0 Å². The van der Waals surface area contributed by atoms with Crippen LogP contribution >= 0.6 is 0 Å². The lowest BCUT2D eigenvalue weighted by molar-refractivity contribution is 1.45. The molecular formula is C3H5N3. The van der Waals surface area contributed by atoms with E-state index in [2.05, 4.69) is 5.73 Å². The van der Waals surface area contributed by atoms with Crippen LogP contribution < -0.4 is 5.73 Å². The second-order valence-corrected chi connectivity index (χ2v) is 0.353. The average Bonchev–Trinajstić information content (AvgIpc) is 1.39. The molecule has 0 aliphatic carbocycles. The van der Waals surface area contributed by atoms with Crippen molar-refractivity contribution in [3.63, 3.8) is 0 Å². The first-order valence-electron chi connectivity index (χ1n) is 1.24. The number of nitrogens with zero attached hydrogens (tertiary/aromatic N) is 2. The smallest absolute Gasteiger partial charge is 0.173 e. The molecule has 0 bridgehead atoms. The average molecular weight is 83.1 g/mol. The first kappa shape index (κ1) is 8.84. The van der Waals surface area contributed by atoms with Crippen LogP contribution in [-0.4, -0.2) is 0 Å². The summed E-state index contributed by atoms with van der Waals surface area (Å²) in [5.41, 5.74) is 4.15. The van der Waals surface area contributed by atoms with Crippen molar-refractivity contribution in [1.29, 1.82) is 10.5 Å². The molecule has 0 aliphatic heterocycles. The molecule has 0 spiro atoms. The van der Waals surface area contributed by atoms with E-state index in [4.69, 9.17) is 10.5 Å². The summed E-state index contributed by atoms with van der Waals surface area (Å²) in [6, 6.07) is 1.75. The molecule has 6 heavy (non-hydrogen) atoms. The Bertz CT molecular complexity index is 61.0. The van der Waals surface area contributed by atoms with Crippen molar-refractivity contribution >= 4 is 0 Å². The second kappa shape index (κ2) is 48.0. The molecule has 0 amide bonds. The van der Waals surface area contributed by atoms with Gasteiger partial charge in [0.2, 0.25) is 0 Å². The van der Waals surface area contributed by atoms with Crippen molar-refractivity contribution in [1.82, 2.24) is 0 Å². The SMILES string of the molecule is CC#N.N#CN. The number of hydrogen-bond acceptors (Lipinski definition) is 3. The molecule has 0 aromatic heterocycles. The minimum absolute atomic E-state index is 1.25. The quantitative estimate of drug-likeness (QED) is 0.329. The van der Waals surface area contributed by atoms with Crippen molar-refractivity contribution in [2.75, 3.05) is 0 Å². The molecule has 3 heteroatoms. The lowest BCUT2D eigenvalue weighted by atomic mass is 11.0.